The van der Waals surface area contributed by atoms with E-state index in [4.69, 9.17) is 5.73 Å². The lowest BCUT2D eigenvalue weighted by atomic mass is 10.0. The second kappa shape index (κ2) is 12.7. The van der Waals surface area contributed by atoms with E-state index in [9.17, 15) is 24.3 Å². The summed E-state index contributed by atoms with van der Waals surface area (Å²) in [5.74, 6) is -2.62. The monoisotopic (exact) mass is 438 g/mol. The smallest absolute Gasteiger partial charge is 0.326 e. The summed E-state index contributed by atoms with van der Waals surface area (Å²) in [5, 5.41) is 16.7. The molecule has 11 nitrogen and oxygen atoms in total. The summed E-state index contributed by atoms with van der Waals surface area (Å²) >= 11 is 0. The van der Waals surface area contributed by atoms with Gasteiger partial charge in [-0.15, -0.1) is 0 Å². The topological polar surface area (TPSA) is 179 Å². The standard InChI is InChI=1S/C20H34N6O5/c1-11(2)5-15(26-18(28)14(21)7-13-8-22-10-24-13)19(29)23-9-17(27)25-16(20(30)31)6-12(3)4/h8,10-12,14-16H,5-7,9,21H2,1-4H3,(H,22,24)(H,23,29)(H,25,27)(H,26,28)(H,30,31). The van der Waals surface area contributed by atoms with Crippen molar-refractivity contribution in [3.63, 3.8) is 0 Å². The Labute approximate surface area is 181 Å². The van der Waals surface area contributed by atoms with Gasteiger partial charge in [0.25, 0.3) is 0 Å². The summed E-state index contributed by atoms with van der Waals surface area (Å²) in [6, 6.07) is -2.78. The molecule has 0 aliphatic carbocycles. The van der Waals surface area contributed by atoms with Crippen LogP contribution >= 0.6 is 0 Å². The van der Waals surface area contributed by atoms with Gasteiger partial charge >= 0.3 is 5.97 Å². The molecule has 174 valence electrons. The molecule has 3 unspecified atom stereocenters. The summed E-state index contributed by atoms with van der Waals surface area (Å²) in [7, 11) is 0. The van der Waals surface area contributed by atoms with Crippen LogP contribution in [0.15, 0.2) is 12.5 Å². The average molecular weight is 439 g/mol. The number of hydrogen-bond acceptors (Lipinski definition) is 6. The number of rotatable bonds is 13. The molecule has 0 bridgehead atoms. The number of aromatic nitrogens is 2. The molecule has 0 aliphatic rings. The van der Waals surface area contributed by atoms with Crippen molar-refractivity contribution in [2.24, 2.45) is 17.6 Å². The zero-order valence-electron chi connectivity index (χ0n) is 18.5. The van der Waals surface area contributed by atoms with Crippen LogP contribution in [-0.4, -0.2) is 63.4 Å². The van der Waals surface area contributed by atoms with E-state index < -0.39 is 48.4 Å². The third-order valence-electron chi connectivity index (χ3n) is 4.44. The van der Waals surface area contributed by atoms with E-state index in [2.05, 4.69) is 25.9 Å². The highest BCUT2D eigenvalue weighted by atomic mass is 16.4. The van der Waals surface area contributed by atoms with Crippen LogP contribution < -0.4 is 21.7 Å². The second-order valence-electron chi connectivity index (χ2n) is 8.38. The van der Waals surface area contributed by atoms with Crippen molar-refractivity contribution >= 4 is 23.7 Å². The molecule has 0 saturated heterocycles. The van der Waals surface area contributed by atoms with E-state index in [0.29, 0.717) is 12.1 Å². The van der Waals surface area contributed by atoms with E-state index in [1.165, 1.54) is 6.33 Å². The van der Waals surface area contributed by atoms with Gasteiger partial charge in [-0.3, -0.25) is 14.4 Å². The van der Waals surface area contributed by atoms with Gasteiger partial charge in [0.05, 0.1) is 18.9 Å². The molecule has 3 amide bonds. The zero-order chi connectivity index (χ0) is 23.6. The molecule has 0 aromatic carbocycles. The van der Waals surface area contributed by atoms with Crippen molar-refractivity contribution < 1.29 is 24.3 Å². The first-order chi connectivity index (χ1) is 14.5. The van der Waals surface area contributed by atoms with E-state index >= 15 is 0 Å². The van der Waals surface area contributed by atoms with E-state index in [1.54, 1.807) is 6.20 Å². The van der Waals surface area contributed by atoms with Crippen molar-refractivity contribution in [2.45, 2.75) is 65.1 Å². The van der Waals surface area contributed by atoms with Crippen molar-refractivity contribution in [3.8, 4) is 0 Å². The van der Waals surface area contributed by atoms with Crippen LogP contribution in [0.1, 0.15) is 46.2 Å². The van der Waals surface area contributed by atoms with Crippen LogP contribution in [0.2, 0.25) is 0 Å². The Morgan fingerprint density at radius 2 is 1.65 bits per heavy atom. The van der Waals surface area contributed by atoms with Crippen molar-refractivity contribution in [3.05, 3.63) is 18.2 Å². The zero-order valence-corrected chi connectivity index (χ0v) is 18.5. The van der Waals surface area contributed by atoms with Crippen molar-refractivity contribution in [2.75, 3.05) is 6.54 Å². The first-order valence-electron chi connectivity index (χ1n) is 10.3. The second-order valence-corrected chi connectivity index (χ2v) is 8.38. The molecule has 3 atom stereocenters. The van der Waals surface area contributed by atoms with Crippen LogP contribution in [0.4, 0.5) is 0 Å². The Morgan fingerprint density at radius 3 is 2.16 bits per heavy atom. The molecule has 31 heavy (non-hydrogen) atoms. The molecule has 0 aliphatic heterocycles. The molecular weight excluding hydrogens is 404 g/mol. The lowest BCUT2D eigenvalue weighted by molar-refractivity contribution is -0.142. The normalized spacial score (nSPS) is 14.0. The molecule has 0 fully saturated rings. The quantitative estimate of drug-likeness (QED) is 0.241. The largest absolute Gasteiger partial charge is 0.480 e. The van der Waals surface area contributed by atoms with Gasteiger partial charge in [-0.1, -0.05) is 27.7 Å². The number of carboxylic acids is 1. The molecule has 1 rings (SSSR count). The third-order valence-corrected chi connectivity index (χ3v) is 4.44. The predicted octanol–water partition coefficient (Wildman–Crippen LogP) is -0.458. The van der Waals surface area contributed by atoms with Gasteiger partial charge in [-0.25, -0.2) is 9.78 Å². The molecule has 0 spiro atoms. The molecule has 0 radical (unpaired) electrons. The Bertz CT molecular complexity index is 734. The number of carboxylic acid groups (broad SMARTS) is 1. The van der Waals surface area contributed by atoms with Crippen LogP contribution in [-0.2, 0) is 25.6 Å². The van der Waals surface area contributed by atoms with Gasteiger partial charge in [0.1, 0.15) is 12.1 Å². The third kappa shape index (κ3) is 10.1. The van der Waals surface area contributed by atoms with E-state index in [-0.39, 0.29) is 24.7 Å². The van der Waals surface area contributed by atoms with E-state index in [0.717, 1.165) is 0 Å². The number of hydrogen-bond donors (Lipinski definition) is 6. The van der Waals surface area contributed by atoms with Crippen LogP contribution in [0, 0.1) is 11.8 Å². The Hall–Kier alpha value is -2.95. The maximum Gasteiger partial charge on any atom is 0.326 e. The summed E-state index contributed by atoms with van der Waals surface area (Å²) in [5.41, 5.74) is 6.61. The first-order valence-corrected chi connectivity index (χ1v) is 10.3. The highest BCUT2D eigenvalue weighted by Gasteiger charge is 2.26. The van der Waals surface area contributed by atoms with Crippen LogP contribution in [0.3, 0.4) is 0 Å². The summed E-state index contributed by atoms with van der Waals surface area (Å²) in [6.07, 6.45) is 3.90. The maximum atomic E-state index is 12.6. The number of nitrogens with one attached hydrogen (secondary N) is 4. The molecule has 0 saturated carbocycles. The lowest BCUT2D eigenvalue weighted by Gasteiger charge is -2.22. The number of amides is 3. The first kappa shape index (κ1) is 26.1. The number of imidazole rings is 1. The van der Waals surface area contributed by atoms with Gasteiger partial charge in [0, 0.05) is 18.3 Å². The number of carbonyl (C=O) groups is 4. The summed E-state index contributed by atoms with van der Waals surface area (Å²) in [6.45, 7) is 7.09. The van der Waals surface area contributed by atoms with Gasteiger partial charge in [-0.2, -0.15) is 0 Å². The number of aliphatic carboxylic acids is 1. The fourth-order valence-electron chi connectivity index (χ4n) is 2.94. The number of carbonyl (C=O) groups excluding carboxylic acids is 3. The minimum absolute atomic E-state index is 0.0765. The van der Waals surface area contributed by atoms with Gasteiger partial charge in [-0.05, 0) is 24.7 Å². The van der Waals surface area contributed by atoms with E-state index in [1.807, 2.05) is 27.7 Å². The fourth-order valence-corrected chi connectivity index (χ4v) is 2.94. The number of H-pyrrole nitrogens is 1. The van der Waals surface area contributed by atoms with Gasteiger partial charge in [0.15, 0.2) is 0 Å². The van der Waals surface area contributed by atoms with Crippen LogP contribution in [0.5, 0.6) is 0 Å². The molecule has 1 heterocycles. The molecular formula is C20H34N6O5. The van der Waals surface area contributed by atoms with Crippen molar-refractivity contribution in [1.82, 2.24) is 25.9 Å². The Balaban J connectivity index is 2.63. The molecule has 1 aromatic heterocycles. The van der Waals surface area contributed by atoms with Gasteiger partial charge < -0.3 is 31.8 Å². The van der Waals surface area contributed by atoms with Crippen LogP contribution in [0.25, 0.3) is 0 Å². The highest BCUT2D eigenvalue weighted by Crippen LogP contribution is 2.07. The number of nitrogens with zero attached hydrogens (tertiary/aromatic N) is 1. The maximum absolute atomic E-state index is 12.6. The highest BCUT2D eigenvalue weighted by molar-refractivity contribution is 5.92. The van der Waals surface area contributed by atoms with Gasteiger partial charge in [0.2, 0.25) is 17.7 Å². The lowest BCUT2D eigenvalue weighted by Crippen LogP contribution is -2.54. The number of aromatic amines is 1. The Kier molecular flexibility index (Phi) is 10.7. The predicted molar refractivity (Wildman–Crippen MR) is 114 cm³/mol. The summed E-state index contributed by atoms with van der Waals surface area (Å²) in [4.78, 5) is 55.1. The fraction of sp³-hybridized carbons (Fsp3) is 0.650. The Morgan fingerprint density at radius 1 is 1.03 bits per heavy atom. The minimum Gasteiger partial charge on any atom is -0.480 e. The SMILES string of the molecule is CC(C)CC(NC(=O)CNC(=O)C(CC(C)C)NC(=O)C(N)Cc1cnc[nH]1)C(=O)O. The molecule has 7 N–H and O–H groups in total. The minimum atomic E-state index is -1.13. The molecule has 11 heteroatoms. The average Bonchev–Trinajstić information content (AvgIpc) is 3.17. The number of nitrogens with two attached hydrogens (primary N) is 1. The van der Waals surface area contributed by atoms with Crippen molar-refractivity contribution in [1.29, 1.82) is 0 Å². The summed E-state index contributed by atoms with van der Waals surface area (Å²) < 4.78 is 0. The molecule has 1 aromatic rings.